The number of aliphatic imine (C=N–C) groups is 1. The third kappa shape index (κ3) is 4.64. The Morgan fingerprint density at radius 1 is 0.939 bits per heavy atom. The number of hydrogen-bond acceptors (Lipinski definition) is 6. The van der Waals surface area contributed by atoms with Gasteiger partial charge >= 0.3 is 0 Å². The van der Waals surface area contributed by atoms with E-state index in [1.807, 2.05) is 49.9 Å². The number of fused-ring (bicyclic) bond motifs is 1. The zero-order chi connectivity index (χ0) is 23.2. The average Bonchev–Trinajstić information content (AvgIpc) is 3.20. The Morgan fingerprint density at radius 3 is 2.21 bits per heavy atom. The number of hydrogen-bond donors (Lipinski definition) is 0. The monoisotopic (exact) mass is 446 g/mol. The Bertz CT molecular complexity index is 1140. The number of amidine groups is 1. The number of benzene rings is 2. The number of amides is 1. The summed E-state index contributed by atoms with van der Waals surface area (Å²) in [4.78, 5) is 28.4. The highest BCUT2D eigenvalue weighted by molar-refractivity contribution is 6.18. The minimum absolute atomic E-state index is 0.344. The standard InChI is InChI=1S/C25H26N4O4/c1-4-31-20-14-18(15-21(32-5-2)22(20)33-6-3)24(30)28-23-19-11-8-7-10-17(19)16-29(23)25-26-12-9-13-27-25/h7-15H,4-6,16H2,1-3H3. The van der Waals surface area contributed by atoms with Crippen LogP contribution in [0, 0.1) is 0 Å². The first-order valence-electron chi connectivity index (χ1n) is 11.0. The molecule has 3 aromatic rings. The van der Waals surface area contributed by atoms with Crippen LogP contribution in [0.5, 0.6) is 17.2 Å². The third-order valence-corrected chi connectivity index (χ3v) is 5.00. The van der Waals surface area contributed by atoms with Crippen LogP contribution in [0.15, 0.2) is 59.9 Å². The highest BCUT2D eigenvalue weighted by Crippen LogP contribution is 2.39. The van der Waals surface area contributed by atoms with Crippen molar-refractivity contribution in [1.29, 1.82) is 0 Å². The van der Waals surface area contributed by atoms with Gasteiger partial charge in [0.2, 0.25) is 11.7 Å². The van der Waals surface area contributed by atoms with Crippen LogP contribution in [0.3, 0.4) is 0 Å². The van der Waals surface area contributed by atoms with Crippen LogP contribution >= 0.6 is 0 Å². The molecule has 1 amide bonds. The molecule has 0 bridgehead atoms. The molecule has 0 fully saturated rings. The van der Waals surface area contributed by atoms with Gasteiger partial charge in [0.25, 0.3) is 5.91 Å². The van der Waals surface area contributed by atoms with Gasteiger partial charge in [0.1, 0.15) is 5.84 Å². The lowest BCUT2D eigenvalue weighted by atomic mass is 10.1. The van der Waals surface area contributed by atoms with Gasteiger partial charge in [-0.2, -0.15) is 4.99 Å². The second-order valence-electron chi connectivity index (χ2n) is 7.13. The molecule has 0 spiro atoms. The number of ether oxygens (including phenoxy) is 3. The molecule has 0 N–H and O–H groups in total. The Morgan fingerprint density at radius 2 is 1.58 bits per heavy atom. The van der Waals surface area contributed by atoms with E-state index in [-0.39, 0.29) is 0 Å². The number of carbonyl (C=O) groups excluding carboxylic acids is 1. The zero-order valence-corrected chi connectivity index (χ0v) is 18.9. The summed E-state index contributed by atoms with van der Waals surface area (Å²) in [6.07, 6.45) is 3.33. The molecule has 0 saturated heterocycles. The van der Waals surface area contributed by atoms with Gasteiger partial charge in [0.15, 0.2) is 11.5 Å². The highest BCUT2D eigenvalue weighted by atomic mass is 16.5. The van der Waals surface area contributed by atoms with Crippen LogP contribution in [0.4, 0.5) is 5.95 Å². The van der Waals surface area contributed by atoms with E-state index in [1.54, 1.807) is 30.6 Å². The van der Waals surface area contributed by atoms with E-state index in [0.29, 0.717) is 61.0 Å². The molecule has 8 nitrogen and oxygen atoms in total. The normalized spacial score (nSPS) is 13.7. The second-order valence-corrected chi connectivity index (χ2v) is 7.13. The van der Waals surface area contributed by atoms with Crippen molar-refractivity contribution in [2.75, 3.05) is 24.7 Å². The lowest BCUT2D eigenvalue weighted by Crippen LogP contribution is -2.27. The van der Waals surface area contributed by atoms with Gasteiger partial charge in [-0.1, -0.05) is 24.3 Å². The van der Waals surface area contributed by atoms with Crippen LogP contribution in [0.25, 0.3) is 0 Å². The van der Waals surface area contributed by atoms with Crippen molar-refractivity contribution >= 4 is 17.7 Å². The van der Waals surface area contributed by atoms with E-state index in [2.05, 4.69) is 15.0 Å². The first-order chi connectivity index (χ1) is 16.2. The van der Waals surface area contributed by atoms with Crippen LogP contribution in [0.1, 0.15) is 42.3 Å². The Hall–Kier alpha value is -3.94. The first-order valence-corrected chi connectivity index (χ1v) is 11.0. The minimum atomic E-state index is -0.424. The summed E-state index contributed by atoms with van der Waals surface area (Å²) in [7, 11) is 0. The molecule has 2 heterocycles. The van der Waals surface area contributed by atoms with Gasteiger partial charge < -0.3 is 14.2 Å². The van der Waals surface area contributed by atoms with Crippen molar-refractivity contribution in [3.63, 3.8) is 0 Å². The van der Waals surface area contributed by atoms with Crippen molar-refractivity contribution in [1.82, 2.24) is 9.97 Å². The maximum atomic E-state index is 13.4. The summed E-state index contributed by atoms with van der Waals surface area (Å²) in [6, 6.07) is 12.9. The third-order valence-electron chi connectivity index (χ3n) is 5.00. The lowest BCUT2D eigenvalue weighted by Gasteiger charge is -2.17. The molecule has 1 aromatic heterocycles. The molecule has 4 rings (SSSR count). The molecule has 1 aliphatic heterocycles. The van der Waals surface area contributed by atoms with E-state index in [9.17, 15) is 4.79 Å². The van der Waals surface area contributed by atoms with Crippen molar-refractivity contribution in [2.45, 2.75) is 27.3 Å². The molecule has 170 valence electrons. The van der Waals surface area contributed by atoms with Crippen molar-refractivity contribution in [2.24, 2.45) is 4.99 Å². The molecule has 8 heteroatoms. The molecule has 0 saturated carbocycles. The Kier molecular flexibility index (Phi) is 6.83. The van der Waals surface area contributed by atoms with E-state index >= 15 is 0 Å². The van der Waals surface area contributed by atoms with E-state index in [1.165, 1.54) is 0 Å². The first kappa shape index (κ1) is 22.3. The zero-order valence-electron chi connectivity index (χ0n) is 18.9. The maximum absolute atomic E-state index is 13.4. The van der Waals surface area contributed by atoms with Crippen LogP contribution in [0.2, 0.25) is 0 Å². The summed E-state index contributed by atoms with van der Waals surface area (Å²) in [6.45, 7) is 7.45. The van der Waals surface area contributed by atoms with Crippen LogP contribution in [-0.2, 0) is 6.54 Å². The molecular weight excluding hydrogens is 420 g/mol. The Labute approximate surface area is 192 Å². The number of anilines is 1. The fraction of sp³-hybridized carbons (Fsp3) is 0.280. The van der Waals surface area contributed by atoms with Crippen molar-refractivity contribution in [3.8, 4) is 17.2 Å². The number of rotatable bonds is 8. The van der Waals surface area contributed by atoms with Crippen LogP contribution in [-0.4, -0.2) is 41.5 Å². The largest absolute Gasteiger partial charge is 0.490 e. The summed E-state index contributed by atoms with van der Waals surface area (Å²) in [5.74, 6) is 1.94. The summed E-state index contributed by atoms with van der Waals surface area (Å²) in [5.41, 5.74) is 2.27. The van der Waals surface area contributed by atoms with Crippen molar-refractivity contribution in [3.05, 3.63) is 71.5 Å². The fourth-order valence-electron chi connectivity index (χ4n) is 3.66. The highest BCUT2D eigenvalue weighted by Gasteiger charge is 2.29. The topological polar surface area (TPSA) is 86.1 Å². The quantitative estimate of drug-likeness (QED) is 0.510. The Balaban J connectivity index is 1.78. The molecule has 1 aliphatic rings. The summed E-state index contributed by atoms with van der Waals surface area (Å²) in [5, 5.41) is 0. The minimum Gasteiger partial charge on any atom is -0.490 e. The molecular formula is C25H26N4O4. The van der Waals surface area contributed by atoms with Crippen LogP contribution < -0.4 is 19.1 Å². The number of nitrogens with zero attached hydrogens (tertiary/aromatic N) is 4. The van der Waals surface area contributed by atoms with Gasteiger partial charge in [-0.3, -0.25) is 9.69 Å². The summed E-state index contributed by atoms with van der Waals surface area (Å²) >= 11 is 0. The van der Waals surface area contributed by atoms with E-state index < -0.39 is 5.91 Å². The predicted molar refractivity (Wildman–Crippen MR) is 125 cm³/mol. The van der Waals surface area contributed by atoms with Gasteiger partial charge in [-0.05, 0) is 44.5 Å². The van der Waals surface area contributed by atoms with Gasteiger partial charge in [-0.15, -0.1) is 0 Å². The molecule has 0 radical (unpaired) electrons. The van der Waals surface area contributed by atoms with Gasteiger partial charge in [-0.25, -0.2) is 9.97 Å². The molecule has 0 aliphatic carbocycles. The molecule has 33 heavy (non-hydrogen) atoms. The number of carbonyl (C=O) groups is 1. The smallest absolute Gasteiger partial charge is 0.279 e. The predicted octanol–water partition coefficient (Wildman–Crippen LogP) is 4.28. The SMILES string of the molecule is CCOc1cc(C(=O)N=C2c3ccccc3CN2c2ncccn2)cc(OCC)c1OCC. The molecule has 0 unspecified atom stereocenters. The fourth-order valence-corrected chi connectivity index (χ4v) is 3.66. The van der Waals surface area contributed by atoms with E-state index in [0.717, 1.165) is 11.1 Å². The number of aromatic nitrogens is 2. The lowest BCUT2D eigenvalue weighted by molar-refractivity contribution is 0.100. The van der Waals surface area contributed by atoms with Gasteiger partial charge in [0, 0.05) is 23.5 Å². The second kappa shape index (κ2) is 10.1. The molecule has 0 atom stereocenters. The van der Waals surface area contributed by atoms with Crippen molar-refractivity contribution < 1.29 is 19.0 Å². The van der Waals surface area contributed by atoms with Gasteiger partial charge in [0.05, 0.1) is 26.4 Å². The van der Waals surface area contributed by atoms with E-state index in [4.69, 9.17) is 14.2 Å². The molecule has 2 aromatic carbocycles. The summed E-state index contributed by atoms with van der Waals surface area (Å²) < 4.78 is 17.2. The maximum Gasteiger partial charge on any atom is 0.279 e. The average molecular weight is 447 g/mol.